The first-order valence-corrected chi connectivity index (χ1v) is 15.9. The Bertz CT molecular complexity index is 2690. The van der Waals surface area contributed by atoms with Crippen molar-refractivity contribution in [3.8, 4) is 45.8 Å². The largest absolute Gasteiger partial charge is 0.309 e. The third kappa shape index (κ3) is 4.01. The fraction of sp³-hybridized carbons (Fsp3) is 0. The van der Waals surface area contributed by atoms with Gasteiger partial charge in [-0.1, -0.05) is 103 Å². The summed E-state index contributed by atoms with van der Waals surface area (Å²) in [6.45, 7) is 0. The van der Waals surface area contributed by atoms with Crippen LogP contribution in [-0.4, -0.2) is 9.13 Å². The molecule has 0 unspecified atom stereocenters. The molecule has 0 radical (unpaired) electrons. The standard InChI is InChI=1S/C44H26N4/c45-27-30-11-9-17-33(29-23-25-32(26-24-29)47-38-18-5-1-13-34(38)35-14-2-6-19-39(35)47)43(30)44-31(28-46)12-10-22-42(44)48-40-20-7-3-15-36(40)37-16-4-8-21-41(37)48/h1-26H. The molecule has 0 fully saturated rings. The van der Waals surface area contributed by atoms with Gasteiger partial charge in [-0.25, -0.2) is 0 Å². The van der Waals surface area contributed by atoms with E-state index in [-0.39, 0.29) is 0 Å². The summed E-state index contributed by atoms with van der Waals surface area (Å²) in [4.78, 5) is 0. The van der Waals surface area contributed by atoms with Gasteiger partial charge in [-0.05, 0) is 65.7 Å². The molecule has 4 nitrogen and oxygen atoms in total. The average Bonchev–Trinajstić information content (AvgIpc) is 3.67. The highest BCUT2D eigenvalue weighted by Gasteiger charge is 2.23. The maximum atomic E-state index is 10.5. The van der Waals surface area contributed by atoms with Gasteiger partial charge in [-0.2, -0.15) is 10.5 Å². The van der Waals surface area contributed by atoms with Crippen LogP contribution < -0.4 is 0 Å². The zero-order valence-electron chi connectivity index (χ0n) is 25.8. The monoisotopic (exact) mass is 610 g/mol. The zero-order valence-corrected chi connectivity index (χ0v) is 25.8. The Morgan fingerprint density at radius 1 is 0.375 bits per heavy atom. The van der Waals surface area contributed by atoms with E-state index in [2.05, 4.69) is 143 Å². The summed E-state index contributed by atoms with van der Waals surface area (Å²) in [6, 6.07) is 58.7. The lowest BCUT2D eigenvalue weighted by Crippen LogP contribution is -2.02. The Hall–Kier alpha value is -6.88. The molecular formula is C44H26N4. The van der Waals surface area contributed by atoms with Crippen molar-refractivity contribution < 1.29 is 0 Å². The fourth-order valence-electron chi connectivity index (χ4n) is 7.41. The third-order valence-corrected chi connectivity index (χ3v) is 9.44. The molecule has 0 spiro atoms. The highest BCUT2D eigenvalue weighted by molar-refractivity contribution is 6.11. The fourth-order valence-corrected chi connectivity index (χ4v) is 7.41. The predicted molar refractivity (Wildman–Crippen MR) is 195 cm³/mol. The van der Waals surface area contributed by atoms with Crippen LogP contribution in [0.5, 0.6) is 0 Å². The van der Waals surface area contributed by atoms with Crippen LogP contribution >= 0.6 is 0 Å². The minimum absolute atomic E-state index is 0.514. The second-order valence-corrected chi connectivity index (χ2v) is 11.9. The van der Waals surface area contributed by atoms with Gasteiger partial charge in [0, 0.05) is 38.4 Å². The number of fused-ring (bicyclic) bond motifs is 6. The second kappa shape index (κ2) is 10.9. The van der Waals surface area contributed by atoms with Gasteiger partial charge in [0.25, 0.3) is 0 Å². The summed E-state index contributed by atoms with van der Waals surface area (Å²) in [5.74, 6) is 0. The molecule has 0 aliphatic rings. The van der Waals surface area contributed by atoms with Gasteiger partial charge in [0.2, 0.25) is 0 Å². The summed E-state index contributed by atoms with van der Waals surface area (Å²) in [7, 11) is 0. The van der Waals surface area contributed by atoms with E-state index >= 15 is 0 Å². The molecule has 9 rings (SSSR count). The summed E-state index contributed by atoms with van der Waals surface area (Å²) in [6.07, 6.45) is 0. The number of hydrogen-bond acceptors (Lipinski definition) is 2. The van der Waals surface area contributed by atoms with E-state index in [9.17, 15) is 10.5 Å². The van der Waals surface area contributed by atoms with E-state index < -0.39 is 0 Å². The molecule has 2 aromatic heterocycles. The van der Waals surface area contributed by atoms with E-state index in [1.165, 1.54) is 10.8 Å². The molecule has 0 N–H and O–H groups in total. The molecule has 0 atom stereocenters. The Balaban J connectivity index is 1.29. The second-order valence-electron chi connectivity index (χ2n) is 11.9. The number of hydrogen-bond donors (Lipinski definition) is 0. The molecule has 0 aliphatic heterocycles. The van der Waals surface area contributed by atoms with Crippen LogP contribution in [0.3, 0.4) is 0 Å². The number of aromatic nitrogens is 2. The van der Waals surface area contributed by atoms with Crippen molar-refractivity contribution in [2.45, 2.75) is 0 Å². The number of benzene rings is 7. The average molecular weight is 611 g/mol. The van der Waals surface area contributed by atoms with E-state index in [4.69, 9.17) is 0 Å². The van der Waals surface area contributed by atoms with Gasteiger partial charge >= 0.3 is 0 Å². The van der Waals surface area contributed by atoms with Crippen molar-refractivity contribution in [2.75, 3.05) is 0 Å². The molecular weight excluding hydrogens is 585 g/mol. The van der Waals surface area contributed by atoms with Gasteiger partial charge in [-0.15, -0.1) is 0 Å². The lowest BCUT2D eigenvalue weighted by molar-refractivity contribution is 1.18. The van der Waals surface area contributed by atoms with Crippen molar-refractivity contribution in [1.29, 1.82) is 10.5 Å². The zero-order chi connectivity index (χ0) is 32.2. The summed E-state index contributed by atoms with van der Waals surface area (Å²) in [5.41, 5.74) is 10.7. The van der Waals surface area contributed by atoms with Crippen molar-refractivity contribution in [1.82, 2.24) is 9.13 Å². The van der Waals surface area contributed by atoms with E-state index in [1.54, 1.807) is 0 Å². The Kier molecular flexibility index (Phi) is 6.22. The molecule has 4 heteroatoms. The van der Waals surface area contributed by atoms with Crippen molar-refractivity contribution in [3.63, 3.8) is 0 Å². The van der Waals surface area contributed by atoms with E-state index in [1.807, 2.05) is 36.4 Å². The van der Waals surface area contributed by atoms with Gasteiger partial charge in [0.15, 0.2) is 0 Å². The summed E-state index contributed by atoms with van der Waals surface area (Å²) >= 11 is 0. The van der Waals surface area contributed by atoms with Gasteiger partial charge < -0.3 is 9.13 Å². The van der Waals surface area contributed by atoms with Gasteiger partial charge in [0.1, 0.15) is 0 Å². The maximum Gasteiger partial charge on any atom is 0.0998 e. The molecule has 2 heterocycles. The predicted octanol–water partition coefficient (Wildman–Crippen LogP) is 11.0. The molecule has 0 amide bonds. The minimum atomic E-state index is 0.514. The molecule has 0 saturated carbocycles. The highest BCUT2D eigenvalue weighted by atomic mass is 15.0. The van der Waals surface area contributed by atoms with E-state index in [0.29, 0.717) is 11.1 Å². The molecule has 222 valence electrons. The van der Waals surface area contributed by atoms with Crippen molar-refractivity contribution in [2.24, 2.45) is 0 Å². The van der Waals surface area contributed by atoms with Crippen LogP contribution in [0.4, 0.5) is 0 Å². The number of rotatable bonds is 4. The lowest BCUT2D eigenvalue weighted by atomic mass is 9.87. The molecule has 0 bridgehead atoms. The number of para-hydroxylation sites is 4. The first-order chi connectivity index (χ1) is 23.8. The van der Waals surface area contributed by atoms with Gasteiger partial charge in [0.05, 0.1) is 51.0 Å². The Labute approximate surface area is 277 Å². The minimum Gasteiger partial charge on any atom is -0.309 e. The van der Waals surface area contributed by atoms with Crippen LogP contribution in [0, 0.1) is 22.7 Å². The smallest absolute Gasteiger partial charge is 0.0998 e. The Morgan fingerprint density at radius 2 is 0.812 bits per heavy atom. The number of nitrogens with zero attached hydrogens (tertiary/aromatic N) is 4. The van der Waals surface area contributed by atoms with Crippen LogP contribution in [0.2, 0.25) is 0 Å². The highest BCUT2D eigenvalue weighted by Crippen LogP contribution is 2.43. The summed E-state index contributed by atoms with van der Waals surface area (Å²) < 4.78 is 4.52. The van der Waals surface area contributed by atoms with E-state index in [0.717, 1.165) is 66.5 Å². The topological polar surface area (TPSA) is 57.4 Å². The van der Waals surface area contributed by atoms with Gasteiger partial charge in [-0.3, -0.25) is 0 Å². The van der Waals surface area contributed by atoms with Crippen molar-refractivity contribution >= 4 is 43.6 Å². The quantitative estimate of drug-likeness (QED) is 0.199. The van der Waals surface area contributed by atoms with Crippen LogP contribution in [0.25, 0.3) is 77.2 Å². The molecule has 9 aromatic rings. The lowest BCUT2D eigenvalue weighted by Gasteiger charge is -2.19. The van der Waals surface area contributed by atoms with Crippen molar-refractivity contribution in [3.05, 3.63) is 169 Å². The first kappa shape index (κ1) is 27.4. The SMILES string of the molecule is N#Cc1cccc(-c2ccc(-n3c4ccccc4c4ccccc43)cc2)c1-c1c(C#N)cccc1-n1c2ccccc2c2ccccc21. The van der Waals surface area contributed by atoms with Crippen LogP contribution in [-0.2, 0) is 0 Å². The normalized spacial score (nSPS) is 11.3. The van der Waals surface area contributed by atoms with Crippen LogP contribution in [0.1, 0.15) is 11.1 Å². The maximum absolute atomic E-state index is 10.5. The molecule has 0 aliphatic carbocycles. The molecule has 7 aromatic carbocycles. The number of nitriles is 2. The first-order valence-electron chi connectivity index (χ1n) is 15.9. The molecule has 48 heavy (non-hydrogen) atoms. The third-order valence-electron chi connectivity index (χ3n) is 9.44. The summed E-state index contributed by atoms with van der Waals surface area (Å²) in [5, 5.41) is 25.7. The molecule has 0 saturated heterocycles. The van der Waals surface area contributed by atoms with Crippen LogP contribution in [0.15, 0.2) is 158 Å². The Morgan fingerprint density at radius 3 is 1.31 bits per heavy atom.